The molecule has 5 aromatic rings. The van der Waals surface area contributed by atoms with E-state index in [1.807, 2.05) is 62.4 Å². The van der Waals surface area contributed by atoms with Gasteiger partial charge < -0.3 is 26.7 Å². The van der Waals surface area contributed by atoms with Gasteiger partial charge in [-0.05, 0) is 72.8 Å². The average Bonchev–Trinajstić information content (AvgIpc) is 3.47. The number of carbonyl (C=O) groups excluding carboxylic acids is 3. The average molecular weight is 630 g/mol. The molecule has 1 atom stereocenters. The van der Waals surface area contributed by atoms with Crippen LogP contribution < -0.4 is 31.5 Å². The van der Waals surface area contributed by atoms with Crippen molar-refractivity contribution < 1.29 is 14.4 Å². The molecule has 6 rings (SSSR count). The van der Waals surface area contributed by atoms with E-state index >= 15 is 0 Å². The van der Waals surface area contributed by atoms with Gasteiger partial charge in [-0.1, -0.05) is 36.9 Å². The summed E-state index contributed by atoms with van der Waals surface area (Å²) in [6.45, 7) is 7.52. The molecule has 1 aliphatic heterocycles. The summed E-state index contributed by atoms with van der Waals surface area (Å²) in [4.78, 5) is 54.1. The lowest BCUT2D eigenvalue weighted by Gasteiger charge is -2.35. The van der Waals surface area contributed by atoms with E-state index in [1.54, 1.807) is 36.3 Å². The van der Waals surface area contributed by atoms with Crippen molar-refractivity contribution in [1.29, 1.82) is 0 Å². The number of aromatic nitrogens is 3. The van der Waals surface area contributed by atoms with Crippen LogP contribution in [0.2, 0.25) is 0 Å². The zero-order valence-corrected chi connectivity index (χ0v) is 26.3. The topological polar surface area (TPSA) is 161 Å². The Hall–Kier alpha value is -6.01. The molecule has 0 radical (unpaired) electrons. The van der Waals surface area contributed by atoms with E-state index in [0.29, 0.717) is 40.9 Å². The van der Waals surface area contributed by atoms with E-state index in [0.717, 1.165) is 33.3 Å². The molecular weight excluding hydrogens is 594 g/mol. The number of carbonyl (C=O) groups is 3. The van der Waals surface area contributed by atoms with Crippen molar-refractivity contribution in [3.05, 3.63) is 108 Å². The van der Waals surface area contributed by atoms with Gasteiger partial charge in [-0.2, -0.15) is 4.98 Å². The lowest BCUT2D eigenvalue weighted by atomic mass is 10.1. The SMILES string of the molecule is C=CC(=O)Nc1cc(Nc2ncc3c(n2)N(C)C(=O)N(c2cc(NC(=O)[C@@H](N)Cc4cc5ccccc5[nH]4)ccc2C)C3)ccc1C. The number of H-pyrrole nitrogens is 1. The number of benzene rings is 3. The van der Waals surface area contributed by atoms with Crippen molar-refractivity contribution in [3.8, 4) is 0 Å². The Morgan fingerprint density at radius 1 is 1.04 bits per heavy atom. The fourth-order valence-corrected chi connectivity index (χ4v) is 5.49. The minimum Gasteiger partial charge on any atom is -0.358 e. The molecule has 0 saturated heterocycles. The van der Waals surface area contributed by atoms with Gasteiger partial charge >= 0.3 is 6.03 Å². The number of hydrogen-bond donors (Lipinski definition) is 5. The Labute approximate surface area is 271 Å². The van der Waals surface area contributed by atoms with Crippen LogP contribution in [-0.4, -0.2) is 45.9 Å². The fourth-order valence-electron chi connectivity index (χ4n) is 5.49. The predicted octanol–water partition coefficient (Wildman–Crippen LogP) is 5.53. The number of aryl methyl sites for hydroxylation is 2. The molecule has 6 N–H and O–H groups in total. The van der Waals surface area contributed by atoms with Crippen molar-refractivity contribution >= 4 is 63.3 Å². The number of fused-ring (bicyclic) bond motifs is 2. The third-order valence-corrected chi connectivity index (χ3v) is 8.07. The standard InChI is InChI=1S/C35H35N9O3/c1-5-31(45)41-29-16-24(12-10-20(29)2)40-34-37-18-23-19-44(35(47)43(4)32(23)42-34)30-17-25(13-11-21(30)3)39-33(46)27(36)15-26-14-22-8-6-7-9-28(22)38-26/h5-14,16-18,27,38H,1,15,19,36H2,2-4H3,(H,39,46)(H,41,45)(H,37,40,42)/t27-/m0/s1. The lowest BCUT2D eigenvalue weighted by Crippen LogP contribution is -2.46. The van der Waals surface area contributed by atoms with Gasteiger partial charge in [0.25, 0.3) is 0 Å². The molecule has 0 fully saturated rings. The number of nitrogens with two attached hydrogens (primary N) is 1. The van der Waals surface area contributed by atoms with Crippen LogP contribution in [0.15, 0.2) is 85.6 Å². The van der Waals surface area contributed by atoms with Crippen LogP contribution in [0.4, 0.5) is 39.3 Å². The van der Waals surface area contributed by atoms with E-state index in [-0.39, 0.29) is 24.4 Å². The van der Waals surface area contributed by atoms with E-state index in [9.17, 15) is 14.4 Å². The number of nitrogens with zero attached hydrogens (tertiary/aromatic N) is 4. The first kappa shape index (κ1) is 31.0. The summed E-state index contributed by atoms with van der Waals surface area (Å²) in [7, 11) is 1.66. The first-order valence-electron chi connectivity index (χ1n) is 15.1. The first-order valence-corrected chi connectivity index (χ1v) is 15.1. The summed E-state index contributed by atoms with van der Waals surface area (Å²) in [5.74, 6) is 0.128. The second-order valence-corrected chi connectivity index (χ2v) is 11.5. The summed E-state index contributed by atoms with van der Waals surface area (Å²) in [5, 5.41) is 9.90. The Balaban J connectivity index is 1.16. The fraction of sp³-hybridized carbons (Fsp3) is 0.171. The van der Waals surface area contributed by atoms with Crippen LogP contribution in [0.1, 0.15) is 22.4 Å². The lowest BCUT2D eigenvalue weighted by molar-refractivity contribution is -0.117. The predicted molar refractivity (Wildman–Crippen MR) is 185 cm³/mol. The van der Waals surface area contributed by atoms with E-state index in [2.05, 4.69) is 37.5 Å². The van der Waals surface area contributed by atoms with Crippen LogP contribution in [-0.2, 0) is 22.6 Å². The summed E-state index contributed by atoms with van der Waals surface area (Å²) in [6.07, 6.45) is 3.23. The van der Waals surface area contributed by atoms with Gasteiger partial charge in [-0.3, -0.25) is 19.4 Å². The summed E-state index contributed by atoms with van der Waals surface area (Å²) < 4.78 is 0. The minimum atomic E-state index is -0.778. The third kappa shape index (κ3) is 6.53. The molecule has 0 unspecified atom stereocenters. The number of amides is 4. The highest BCUT2D eigenvalue weighted by Gasteiger charge is 2.32. The van der Waals surface area contributed by atoms with Crippen molar-refractivity contribution in [2.75, 3.05) is 32.8 Å². The highest BCUT2D eigenvalue weighted by atomic mass is 16.2. The normalized spacial score (nSPS) is 13.2. The van der Waals surface area contributed by atoms with E-state index in [1.165, 1.54) is 11.0 Å². The monoisotopic (exact) mass is 629 g/mol. The largest absolute Gasteiger partial charge is 0.358 e. The van der Waals surface area contributed by atoms with Gasteiger partial charge in [0, 0.05) is 53.5 Å². The van der Waals surface area contributed by atoms with Crippen LogP contribution >= 0.6 is 0 Å². The molecule has 4 amide bonds. The van der Waals surface area contributed by atoms with Crippen molar-refractivity contribution in [2.24, 2.45) is 5.73 Å². The molecule has 12 nitrogen and oxygen atoms in total. The molecule has 0 bridgehead atoms. The van der Waals surface area contributed by atoms with E-state index < -0.39 is 6.04 Å². The van der Waals surface area contributed by atoms with Crippen molar-refractivity contribution in [3.63, 3.8) is 0 Å². The summed E-state index contributed by atoms with van der Waals surface area (Å²) in [6, 6.07) is 19.7. The van der Waals surface area contributed by atoms with E-state index in [4.69, 9.17) is 5.73 Å². The van der Waals surface area contributed by atoms with Gasteiger partial charge in [-0.15, -0.1) is 0 Å². The number of rotatable bonds is 9. The summed E-state index contributed by atoms with van der Waals surface area (Å²) in [5.41, 5.74) is 13.1. The molecule has 0 spiro atoms. The second-order valence-electron chi connectivity index (χ2n) is 11.5. The highest BCUT2D eigenvalue weighted by molar-refractivity contribution is 6.06. The quantitative estimate of drug-likeness (QED) is 0.134. The zero-order valence-electron chi connectivity index (χ0n) is 26.3. The highest BCUT2D eigenvalue weighted by Crippen LogP contribution is 2.34. The summed E-state index contributed by atoms with van der Waals surface area (Å²) >= 11 is 0. The molecule has 0 aliphatic carbocycles. The molecule has 47 heavy (non-hydrogen) atoms. The molecule has 1 aliphatic rings. The second kappa shape index (κ2) is 12.8. The van der Waals surface area contributed by atoms with Crippen LogP contribution in [0.5, 0.6) is 0 Å². The number of hydrogen-bond acceptors (Lipinski definition) is 7. The molecule has 238 valence electrons. The molecule has 3 aromatic carbocycles. The number of para-hydroxylation sites is 1. The van der Waals surface area contributed by atoms with Gasteiger partial charge in [-0.25, -0.2) is 9.78 Å². The number of nitrogens with one attached hydrogen (secondary N) is 4. The van der Waals surface area contributed by atoms with Crippen LogP contribution in [0.3, 0.4) is 0 Å². The molecular formula is C35H35N9O3. The van der Waals surface area contributed by atoms with Gasteiger partial charge in [0.1, 0.15) is 5.82 Å². The van der Waals surface area contributed by atoms with Gasteiger partial charge in [0.15, 0.2) is 0 Å². The van der Waals surface area contributed by atoms with Gasteiger partial charge in [0.05, 0.1) is 18.3 Å². The molecule has 0 saturated carbocycles. The Morgan fingerprint density at radius 2 is 1.81 bits per heavy atom. The maximum absolute atomic E-state index is 13.7. The third-order valence-electron chi connectivity index (χ3n) is 8.07. The zero-order chi connectivity index (χ0) is 33.2. The number of aromatic amines is 1. The smallest absolute Gasteiger partial charge is 0.330 e. The Kier molecular flexibility index (Phi) is 8.42. The van der Waals surface area contributed by atoms with Crippen LogP contribution in [0, 0.1) is 13.8 Å². The van der Waals surface area contributed by atoms with Gasteiger partial charge in [0.2, 0.25) is 17.8 Å². The maximum Gasteiger partial charge on any atom is 0.330 e. The number of anilines is 6. The number of urea groups is 1. The maximum atomic E-state index is 13.7. The van der Waals surface area contributed by atoms with Crippen molar-refractivity contribution in [1.82, 2.24) is 15.0 Å². The Morgan fingerprint density at radius 3 is 2.60 bits per heavy atom. The molecule has 2 aromatic heterocycles. The Bertz CT molecular complexity index is 2000. The minimum absolute atomic E-state index is 0.235. The van der Waals surface area contributed by atoms with Crippen molar-refractivity contribution in [2.45, 2.75) is 32.9 Å². The molecule has 3 heterocycles. The van der Waals surface area contributed by atoms with Crippen LogP contribution in [0.25, 0.3) is 10.9 Å². The first-order chi connectivity index (χ1) is 22.6. The molecule has 12 heteroatoms.